The SMILES string of the molecule is CCN(CC)CCN(CC(C)C(=O)OC)C(=O)c1ccccc1F. The number of amides is 1. The molecule has 24 heavy (non-hydrogen) atoms. The Hall–Kier alpha value is -1.95. The molecule has 0 aliphatic rings. The van der Waals surface area contributed by atoms with E-state index in [0.29, 0.717) is 13.1 Å². The van der Waals surface area contributed by atoms with Crippen molar-refractivity contribution in [2.45, 2.75) is 20.8 Å². The van der Waals surface area contributed by atoms with Crippen LogP contribution in [0.1, 0.15) is 31.1 Å². The van der Waals surface area contributed by atoms with Gasteiger partial charge in [0.1, 0.15) is 5.82 Å². The third-order valence-electron chi connectivity index (χ3n) is 4.07. The summed E-state index contributed by atoms with van der Waals surface area (Å²) in [5, 5.41) is 0. The van der Waals surface area contributed by atoms with Crippen LogP contribution < -0.4 is 0 Å². The lowest BCUT2D eigenvalue weighted by Gasteiger charge is -2.28. The van der Waals surface area contributed by atoms with Crippen molar-refractivity contribution in [3.63, 3.8) is 0 Å². The molecule has 0 aliphatic carbocycles. The molecule has 1 amide bonds. The number of esters is 1. The standard InChI is InChI=1S/C18H27FN2O3/c1-5-20(6-2)11-12-21(13-14(3)18(23)24-4)17(22)15-9-7-8-10-16(15)19/h7-10,14H,5-6,11-13H2,1-4H3. The number of rotatable bonds is 9. The number of benzene rings is 1. The molecule has 1 aromatic rings. The number of hydrogen-bond acceptors (Lipinski definition) is 4. The number of hydrogen-bond donors (Lipinski definition) is 0. The number of halogens is 1. The molecule has 0 aliphatic heterocycles. The van der Waals surface area contributed by atoms with Crippen molar-refractivity contribution in [1.82, 2.24) is 9.80 Å². The van der Waals surface area contributed by atoms with E-state index in [0.717, 1.165) is 13.1 Å². The maximum absolute atomic E-state index is 13.9. The molecule has 0 heterocycles. The number of methoxy groups -OCH3 is 1. The van der Waals surface area contributed by atoms with Gasteiger partial charge in [-0.2, -0.15) is 0 Å². The molecule has 0 radical (unpaired) electrons. The second-order valence-corrected chi connectivity index (χ2v) is 5.68. The molecule has 0 fully saturated rings. The van der Waals surface area contributed by atoms with Crippen molar-refractivity contribution in [1.29, 1.82) is 0 Å². The highest BCUT2D eigenvalue weighted by atomic mass is 19.1. The molecule has 0 saturated heterocycles. The van der Waals surface area contributed by atoms with Gasteiger partial charge < -0.3 is 14.5 Å². The van der Waals surface area contributed by atoms with Crippen LogP contribution in [0.15, 0.2) is 24.3 Å². The maximum Gasteiger partial charge on any atom is 0.310 e. The van der Waals surface area contributed by atoms with Crippen LogP contribution in [0, 0.1) is 11.7 Å². The van der Waals surface area contributed by atoms with Gasteiger partial charge in [-0.25, -0.2) is 4.39 Å². The van der Waals surface area contributed by atoms with Gasteiger partial charge >= 0.3 is 5.97 Å². The van der Waals surface area contributed by atoms with Gasteiger partial charge in [0.15, 0.2) is 0 Å². The van der Waals surface area contributed by atoms with Crippen LogP contribution in [-0.2, 0) is 9.53 Å². The monoisotopic (exact) mass is 338 g/mol. The molecule has 0 N–H and O–H groups in total. The van der Waals surface area contributed by atoms with Crippen LogP contribution in [0.25, 0.3) is 0 Å². The quantitative estimate of drug-likeness (QED) is 0.649. The van der Waals surface area contributed by atoms with E-state index < -0.39 is 17.6 Å². The van der Waals surface area contributed by atoms with E-state index in [9.17, 15) is 14.0 Å². The first-order chi connectivity index (χ1) is 11.4. The van der Waals surface area contributed by atoms with E-state index in [1.807, 2.05) is 13.8 Å². The Bertz CT molecular complexity index is 547. The molecule has 1 aromatic carbocycles. The Kier molecular flexibility index (Phi) is 8.40. The number of carbonyl (C=O) groups is 2. The Morgan fingerprint density at radius 1 is 1.17 bits per heavy atom. The minimum absolute atomic E-state index is 0.0223. The molecule has 0 saturated carbocycles. The van der Waals surface area contributed by atoms with Crippen LogP contribution in [0.2, 0.25) is 0 Å². The van der Waals surface area contributed by atoms with Gasteiger partial charge in [-0.15, -0.1) is 0 Å². The van der Waals surface area contributed by atoms with Gasteiger partial charge in [0, 0.05) is 19.6 Å². The van der Waals surface area contributed by atoms with E-state index in [-0.39, 0.29) is 18.1 Å². The number of likely N-dealkylation sites (N-methyl/N-ethyl adjacent to an activating group) is 1. The second-order valence-electron chi connectivity index (χ2n) is 5.68. The molecule has 6 heteroatoms. The third kappa shape index (κ3) is 5.60. The minimum Gasteiger partial charge on any atom is -0.469 e. The van der Waals surface area contributed by atoms with Crippen LogP contribution in [0.5, 0.6) is 0 Å². The normalized spacial score (nSPS) is 12.1. The highest BCUT2D eigenvalue weighted by molar-refractivity contribution is 5.94. The first-order valence-electron chi connectivity index (χ1n) is 8.28. The fourth-order valence-electron chi connectivity index (χ4n) is 2.49. The van der Waals surface area contributed by atoms with Crippen molar-refractivity contribution in [3.8, 4) is 0 Å². The van der Waals surface area contributed by atoms with Crippen LogP contribution in [-0.4, -0.2) is 61.5 Å². The summed E-state index contributed by atoms with van der Waals surface area (Å²) in [6.45, 7) is 8.81. The lowest BCUT2D eigenvalue weighted by Crippen LogP contribution is -2.42. The average Bonchev–Trinajstić information content (AvgIpc) is 2.60. The lowest BCUT2D eigenvalue weighted by atomic mass is 10.1. The minimum atomic E-state index is -0.555. The summed E-state index contributed by atoms with van der Waals surface area (Å²) >= 11 is 0. The largest absolute Gasteiger partial charge is 0.469 e. The molecule has 1 unspecified atom stereocenters. The van der Waals surface area contributed by atoms with Gasteiger partial charge in [0.25, 0.3) is 5.91 Å². The zero-order valence-corrected chi connectivity index (χ0v) is 14.9. The predicted octanol–water partition coefficient (Wildman–Crippen LogP) is 2.42. The molecule has 0 spiro atoms. The van der Waals surface area contributed by atoms with Gasteiger partial charge in [-0.05, 0) is 25.2 Å². The van der Waals surface area contributed by atoms with E-state index >= 15 is 0 Å². The second kappa shape index (κ2) is 10.0. The summed E-state index contributed by atoms with van der Waals surface area (Å²) in [6.07, 6.45) is 0. The van der Waals surface area contributed by atoms with Crippen molar-refractivity contribution in [2.24, 2.45) is 5.92 Å². The lowest BCUT2D eigenvalue weighted by molar-refractivity contribution is -0.145. The topological polar surface area (TPSA) is 49.9 Å². The Labute approximate surface area is 143 Å². The van der Waals surface area contributed by atoms with Crippen molar-refractivity contribution in [2.75, 3.05) is 39.8 Å². The molecular formula is C18H27FN2O3. The molecule has 0 bridgehead atoms. The molecule has 1 atom stereocenters. The van der Waals surface area contributed by atoms with Gasteiger partial charge in [-0.1, -0.05) is 32.9 Å². The van der Waals surface area contributed by atoms with Crippen molar-refractivity contribution >= 4 is 11.9 Å². The van der Waals surface area contributed by atoms with Crippen LogP contribution in [0.3, 0.4) is 0 Å². The van der Waals surface area contributed by atoms with Crippen LogP contribution in [0.4, 0.5) is 4.39 Å². The Morgan fingerprint density at radius 2 is 1.79 bits per heavy atom. The van der Waals surface area contributed by atoms with Gasteiger partial charge in [-0.3, -0.25) is 9.59 Å². The molecule has 0 aromatic heterocycles. The summed E-state index contributed by atoms with van der Waals surface area (Å²) < 4.78 is 18.7. The summed E-state index contributed by atoms with van der Waals surface area (Å²) in [5.41, 5.74) is 0.0223. The molecular weight excluding hydrogens is 311 g/mol. The number of nitrogens with zero attached hydrogens (tertiary/aromatic N) is 2. The smallest absolute Gasteiger partial charge is 0.310 e. The van der Waals surface area contributed by atoms with Crippen LogP contribution >= 0.6 is 0 Å². The maximum atomic E-state index is 13.9. The summed E-state index contributed by atoms with van der Waals surface area (Å²) in [5.74, 6) is -1.82. The highest BCUT2D eigenvalue weighted by Crippen LogP contribution is 2.12. The van der Waals surface area contributed by atoms with Gasteiger partial charge in [0.05, 0.1) is 18.6 Å². The fraction of sp³-hybridized carbons (Fsp3) is 0.556. The van der Waals surface area contributed by atoms with E-state index in [1.54, 1.807) is 19.1 Å². The fourth-order valence-corrected chi connectivity index (χ4v) is 2.49. The summed E-state index contributed by atoms with van der Waals surface area (Å²) in [6, 6.07) is 5.90. The van der Waals surface area contributed by atoms with Crippen molar-refractivity contribution < 1.29 is 18.7 Å². The molecule has 1 rings (SSSR count). The zero-order chi connectivity index (χ0) is 18.1. The molecule has 5 nitrogen and oxygen atoms in total. The van der Waals surface area contributed by atoms with E-state index in [4.69, 9.17) is 4.74 Å². The third-order valence-corrected chi connectivity index (χ3v) is 4.07. The molecule has 134 valence electrons. The van der Waals surface area contributed by atoms with Crippen molar-refractivity contribution in [3.05, 3.63) is 35.6 Å². The first kappa shape index (κ1) is 20.1. The Balaban J connectivity index is 2.92. The predicted molar refractivity (Wildman–Crippen MR) is 91.3 cm³/mol. The number of ether oxygens (including phenoxy) is 1. The summed E-state index contributed by atoms with van der Waals surface area (Å²) in [7, 11) is 1.32. The summed E-state index contributed by atoms with van der Waals surface area (Å²) in [4.78, 5) is 28.1. The highest BCUT2D eigenvalue weighted by Gasteiger charge is 2.24. The first-order valence-corrected chi connectivity index (χ1v) is 8.28. The zero-order valence-electron chi connectivity index (χ0n) is 14.9. The van der Waals surface area contributed by atoms with E-state index in [1.165, 1.54) is 24.1 Å². The van der Waals surface area contributed by atoms with E-state index in [2.05, 4.69) is 4.90 Å². The van der Waals surface area contributed by atoms with Gasteiger partial charge in [0.2, 0.25) is 0 Å². The number of carbonyl (C=O) groups excluding carboxylic acids is 2. The average molecular weight is 338 g/mol. The Morgan fingerprint density at radius 3 is 2.33 bits per heavy atom.